The van der Waals surface area contributed by atoms with Crippen LogP contribution in [0.4, 0.5) is 0 Å². The number of hydrogen-bond donors (Lipinski definition) is 2. The number of fused-ring (bicyclic) bond motifs is 1. The minimum atomic E-state index is -0.985. The third-order valence-electron chi connectivity index (χ3n) is 2.53. The van der Waals surface area contributed by atoms with Crippen molar-refractivity contribution in [1.29, 1.82) is 0 Å². The zero-order valence-electron chi connectivity index (χ0n) is 9.45. The fraction of sp³-hybridized carbons (Fsp3) is 0.167. The summed E-state index contributed by atoms with van der Waals surface area (Å²) in [5.74, 6) is -0.985. The van der Waals surface area contributed by atoms with Crippen molar-refractivity contribution in [3.05, 3.63) is 42.2 Å². The zero-order chi connectivity index (χ0) is 11.5. The molecule has 0 saturated heterocycles. The molecule has 0 aliphatic carbocycles. The average Bonchev–Trinajstić information content (AvgIpc) is 2.29. The monoisotopic (exact) mass is 288 g/mol. The highest BCUT2D eigenvalue weighted by molar-refractivity contribution is 5.86. The molecule has 1 aromatic heterocycles. The van der Waals surface area contributed by atoms with Crippen molar-refractivity contribution in [1.82, 2.24) is 4.98 Å². The molecule has 98 valence electrons. The summed E-state index contributed by atoms with van der Waals surface area (Å²) < 4.78 is 0. The first kappa shape index (κ1) is 16.6. The highest BCUT2D eigenvalue weighted by Gasteiger charge is 2.13. The van der Waals surface area contributed by atoms with Crippen molar-refractivity contribution in [3.63, 3.8) is 0 Å². The molecule has 0 aliphatic heterocycles. The van der Waals surface area contributed by atoms with Crippen LogP contribution >= 0.6 is 24.8 Å². The van der Waals surface area contributed by atoms with Gasteiger partial charge in [-0.25, -0.2) is 0 Å². The Morgan fingerprint density at radius 2 is 2.06 bits per heavy atom. The maximum Gasteiger partial charge on any atom is 0.320 e. The topological polar surface area (TPSA) is 76.2 Å². The van der Waals surface area contributed by atoms with Gasteiger partial charge < -0.3 is 10.8 Å². The molecule has 0 amide bonds. The standard InChI is InChI=1S/C12H12N2O2.2ClH/c13-11(12(15)16)6-9-3-1-2-8-4-5-14-7-10(8)9;;/h1-5,7,11H,6,13H2,(H,15,16);2*1H/t11-;;/m0../s1. The van der Waals surface area contributed by atoms with Gasteiger partial charge in [0.25, 0.3) is 0 Å². The second-order valence-electron chi connectivity index (χ2n) is 3.66. The number of carbonyl (C=O) groups is 1. The van der Waals surface area contributed by atoms with E-state index < -0.39 is 12.0 Å². The van der Waals surface area contributed by atoms with Crippen LogP contribution in [-0.4, -0.2) is 22.1 Å². The number of nitrogens with zero attached hydrogens (tertiary/aromatic N) is 1. The van der Waals surface area contributed by atoms with Gasteiger partial charge >= 0.3 is 5.97 Å². The lowest BCUT2D eigenvalue weighted by Gasteiger charge is -2.08. The van der Waals surface area contributed by atoms with Crippen LogP contribution in [-0.2, 0) is 11.2 Å². The summed E-state index contributed by atoms with van der Waals surface area (Å²) in [5, 5.41) is 10.8. The molecule has 2 rings (SSSR count). The smallest absolute Gasteiger partial charge is 0.320 e. The van der Waals surface area contributed by atoms with Crippen LogP contribution in [0, 0.1) is 0 Å². The van der Waals surface area contributed by atoms with Gasteiger partial charge in [0.2, 0.25) is 0 Å². The van der Waals surface area contributed by atoms with Crippen LogP contribution in [0.25, 0.3) is 10.8 Å². The van der Waals surface area contributed by atoms with E-state index in [1.54, 1.807) is 12.4 Å². The summed E-state index contributed by atoms with van der Waals surface area (Å²) in [6.45, 7) is 0. The summed E-state index contributed by atoms with van der Waals surface area (Å²) in [6.07, 6.45) is 3.76. The van der Waals surface area contributed by atoms with Gasteiger partial charge in [0.15, 0.2) is 0 Å². The Labute approximate surface area is 117 Å². The molecule has 0 saturated carbocycles. The van der Waals surface area contributed by atoms with Gasteiger partial charge in [0.05, 0.1) is 0 Å². The molecule has 0 fully saturated rings. The van der Waals surface area contributed by atoms with E-state index in [0.29, 0.717) is 6.42 Å². The number of pyridine rings is 1. The number of aromatic nitrogens is 1. The average molecular weight is 289 g/mol. The van der Waals surface area contributed by atoms with Crippen molar-refractivity contribution in [2.75, 3.05) is 0 Å². The van der Waals surface area contributed by atoms with Crippen molar-refractivity contribution < 1.29 is 9.90 Å². The number of carboxylic acids is 1. The molecule has 0 bridgehead atoms. The molecule has 1 heterocycles. The maximum absolute atomic E-state index is 10.7. The maximum atomic E-state index is 10.7. The van der Waals surface area contributed by atoms with E-state index in [1.165, 1.54) is 0 Å². The van der Waals surface area contributed by atoms with Gasteiger partial charge in [-0.05, 0) is 23.4 Å². The van der Waals surface area contributed by atoms with E-state index >= 15 is 0 Å². The number of hydrogen-bond acceptors (Lipinski definition) is 3. The Morgan fingerprint density at radius 3 is 2.72 bits per heavy atom. The van der Waals surface area contributed by atoms with Gasteiger partial charge in [-0.15, -0.1) is 24.8 Å². The Kier molecular flexibility index (Phi) is 6.62. The molecule has 2 aromatic rings. The summed E-state index contributed by atoms with van der Waals surface area (Å²) in [6, 6.07) is 6.77. The van der Waals surface area contributed by atoms with E-state index in [0.717, 1.165) is 16.3 Å². The number of rotatable bonds is 3. The Balaban J connectivity index is 0.00000144. The first-order chi connectivity index (χ1) is 7.68. The minimum absolute atomic E-state index is 0. The van der Waals surface area contributed by atoms with E-state index in [2.05, 4.69) is 4.98 Å². The first-order valence-electron chi connectivity index (χ1n) is 4.98. The predicted octanol–water partition coefficient (Wildman–Crippen LogP) is 2.03. The molecule has 6 heteroatoms. The second-order valence-corrected chi connectivity index (χ2v) is 3.66. The third-order valence-corrected chi connectivity index (χ3v) is 2.53. The minimum Gasteiger partial charge on any atom is -0.480 e. The zero-order valence-corrected chi connectivity index (χ0v) is 11.1. The summed E-state index contributed by atoms with van der Waals surface area (Å²) >= 11 is 0. The highest BCUT2D eigenvalue weighted by Crippen LogP contribution is 2.18. The summed E-state index contributed by atoms with van der Waals surface area (Å²) in [5.41, 5.74) is 6.44. The molecule has 18 heavy (non-hydrogen) atoms. The third kappa shape index (κ3) is 3.57. The van der Waals surface area contributed by atoms with Crippen molar-refractivity contribution in [2.45, 2.75) is 12.5 Å². The molecule has 0 unspecified atom stereocenters. The molecule has 1 aromatic carbocycles. The van der Waals surface area contributed by atoms with Crippen LogP contribution in [0.1, 0.15) is 5.56 Å². The van der Waals surface area contributed by atoms with E-state index in [1.807, 2.05) is 24.3 Å². The molecule has 4 nitrogen and oxygen atoms in total. The number of nitrogens with two attached hydrogens (primary N) is 1. The van der Waals surface area contributed by atoms with E-state index in [9.17, 15) is 4.79 Å². The molecular formula is C12H14Cl2N2O2. The van der Waals surface area contributed by atoms with Crippen LogP contribution in [0.2, 0.25) is 0 Å². The van der Waals surface area contributed by atoms with E-state index in [4.69, 9.17) is 10.8 Å². The van der Waals surface area contributed by atoms with Crippen molar-refractivity contribution >= 4 is 41.6 Å². The molecule has 3 N–H and O–H groups in total. The molecule has 0 aliphatic rings. The number of carboxylic acid groups (broad SMARTS) is 1. The molecule has 1 atom stereocenters. The molecule has 0 radical (unpaired) electrons. The van der Waals surface area contributed by atoms with Crippen molar-refractivity contribution in [3.8, 4) is 0 Å². The molecular weight excluding hydrogens is 275 g/mol. The lowest BCUT2D eigenvalue weighted by molar-refractivity contribution is -0.138. The fourth-order valence-corrected chi connectivity index (χ4v) is 1.68. The van der Waals surface area contributed by atoms with Gasteiger partial charge in [-0.3, -0.25) is 9.78 Å². The largest absolute Gasteiger partial charge is 0.480 e. The molecule has 0 spiro atoms. The number of halogens is 2. The number of aliphatic carboxylic acids is 1. The first-order valence-corrected chi connectivity index (χ1v) is 4.98. The lowest BCUT2D eigenvalue weighted by atomic mass is 10.0. The number of benzene rings is 1. The van der Waals surface area contributed by atoms with Gasteiger partial charge in [0.1, 0.15) is 6.04 Å². The lowest BCUT2D eigenvalue weighted by Crippen LogP contribution is -2.32. The Bertz CT molecular complexity index is 529. The second kappa shape index (κ2) is 7.16. The fourth-order valence-electron chi connectivity index (χ4n) is 1.68. The summed E-state index contributed by atoms with van der Waals surface area (Å²) in [4.78, 5) is 14.7. The van der Waals surface area contributed by atoms with Gasteiger partial charge in [-0.1, -0.05) is 18.2 Å². The summed E-state index contributed by atoms with van der Waals surface area (Å²) in [7, 11) is 0. The van der Waals surface area contributed by atoms with E-state index in [-0.39, 0.29) is 24.8 Å². The van der Waals surface area contributed by atoms with Crippen LogP contribution in [0.3, 0.4) is 0 Å². The predicted molar refractivity (Wildman–Crippen MR) is 75.6 cm³/mol. The highest BCUT2D eigenvalue weighted by atomic mass is 35.5. The van der Waals surface area contributed by atoms with Crippen molar-refractivity contribution in [2.24, 2.45) is 5.73 Å². The van der Waals surface area contributed by atoms with Gasteiger partial charge in [0, 0.05) is 17.8 Å². The van der Waals surface area contributed by atoms with Crippen LogP contribution in [0.5, 0.6) is 0 Å². The quantitative estimate of drug-likeness (QED) is 0.906. The normalized spacial score (nSPS) is 11.2. The van der Waals surface area contributed by atoms with Gasteiger partial charge in [-0.2, -0.15) is 0 Å². The Morgan fingerprint density at radius 1 is 1.33 bits per heavy atom. The van der Waals surface area contributed by atoms with Crippen LogP contribution in [0.15, 0.2) is 36.7 Å². The Hall–Kier alpha value is -1.36. The SMILES string of the molecule is Cl.Cl.N[C@@H](Cc1cccc2ccncc12)C(=O)O. The van der Waals surface area contributed by atoms with Crippen LogP contribution < -0.4 is 5.73 Å².